The molecular weight excluding hydrogens is 160 g/mol. The van der Waals surface area contributed by atoms with Gasteiger partial charge in [-0.3, -0.25) is 4.90 Å². The molecule has 1 rings (SSSR count). The van der Waals surface area contributed by atoms with Crippen LogP contribution in [-0.4, -0.2) is 28.9 Å². The first-order valence-electron chi connectivity index (χ1n) is 4.04. The zero-order valence-corrected chi connectivity index (χ0v) is 8.68. The van der Waals surface area contributed by atoms with Gasteiger partial charge >= 0.3 is 0 Å². The van der Waals surface area contributed by atoms with Crippen LogP contribution in [0, 0.1) is 0 Å². The molecule has 0 aromatic rings. The minimum absolute atomic E-state index is 0.115. The summed E-state index contributed by atoms with van der Waals surface area (Å²) in [6.07, 6.45) is 0.648. The first kappa shape index (κ1) is 9.41. The fourth-order valence-electron chi connectivity index (χ4n) is 1.37. The van der Waals surface area contributed by atoms with Crippen LogP contribution in [-0.2, 0) is 0 Å². The molecule has 0 aliphatic carbocycles. The van der Waals surface area contributed by atoms with Crippen molar-refractivity contribution >= 4 is 9.24 Å². The number of hydrogen-bond donors (Lipinski definition) is 0. The molecule has 0 radical (unpaired) electrons. The molecule has 11 heavy (non-hydrogen) atoms. The number of likely N-dealkylation sites (tertiary alicyclic amines) is 1. The third-order valence-corrected chi connectivity index (χ3v) is 2.67. The minimum atomic E-state index is -1.03. The van der Waals surface area contributed by atoms with E-state index in [-0.39, 0.29) is 5.54 Å². The Hall–Kier alpha value is 0.320. The lowest BCUT2D eigenvalue weighted by molar-refractivity contribution is 0.154. The summed E-state index contributed by atoms with van der Waals surface area (Å²) in [5, 5.41) is -1.03. The molecule has 66 valence electrons. The molecule has 1 aliphatic heterocycles. The maximum atomic E-state index is 13.3. The van der Waals surface area contributed by atoms with Crippen LogP contribution in [0.25, 0.3) is 0 Å². The second-order valence-corrected chi connectivity index (χ2v) is 5.41. The highest BCUT2D eigenvalue weighted by Gasteiger charge is 2.38. The summed E-state index contributed by atoms with van der Waals surface area (Å²) in [4.78, 5) is 2.18. The molecule has 0 bridgehead atoms. The quantitative estimate of drug-likeness (QED) is 0.512. The van der Waals surface area contributed by atoms with Gasteiger partial charge in [0.1, 0.15) is 5.41 Å². The van der Waals surface area contributed by atoms with E-state index < -0.39 is 5.41 Å². The maximum absolute atomic E-state index is 13.3. The smallest absolute Gasteiger partial charge is 0.137 e. The fourth-order valence-corrected chi connectivity index (χ4v) is 1.72. The summed E-state index contributed by atoms with van der Waals surface area (Å²) in [6.45, 7) is 7.81. The molecule has 1 nitrogen and oxygen atoms in total. The van der Waals surface area contributed by atoms with E-state index >= 15 is 0 Å². The van der Waals surface area contributed by atoms with Gasteiger partial charge in [0.15, 0.2) is 0 Å². The lowest BCUT2D eigenvalue weighted by Crippen LogP contribution is -2.40. The topological polar surface area (TPSA) is 3.24 Å². The summed E-state index contributed by atoms with van der Waals surface area (Å²) >= 11 is 0. The molecule has 1 saturated heterocycles. The van der Waals surface area contributed by atoms with Crippen molar-refractivity contribution in [1.82, 2.24) is 4.90 Å². The van der Waals surface area contributed by atoms with E-state index in [2.05, 4.69) is 34.9 Å². The van der Waals surface area contributed by atoms with E-state index in [9.17, 15) is 4.39 Å². The van der Waals surface area contributed by atoms with Crippen LogP contribution in [0.3, 0.4) is 0 Å². The van der Waals surface area contributed by atoms with Gasteiger partial charge in [0.05, 0.1) is 0 Å². The van der Waals surface area contributed by atoms with Crippen LogP contribution in [0.1, 0.15) is 27.2 Å². The van der Waals surface area contributed by atoms with Crippen molar-refractivity contribution in [2.24, 2.45) is 0 Å². The Morgan fingerprint density at radius 3 is 2.18 bits per heavy atom. The first-order valence-corrected chi connectivity index (χ1v) is 4.62. The second-order valence-electron chi connectivity index (χ2n) is 4.38. The van der Waals surface area contributed by atoms with Crippen molar-refractivity contribution in [2.75, 3.05) is 13.1 Å². The zero-order valence-electron chi connectivity index (χ0n) is 7.52. The molecule has 0 N–H and O–H groups in total. The molecule has 0 spiro atoms. The van der Waals surface area contributed by atoms with E-state index in [1.807, 2.05) is 0 Å². The molecule has 0 aromatic carbocycles. The van der Waals surface area contributed by atoms with E-state index in [4.69, 9.17) is 0 Å². The van der Waals surface area contributed by atoms with Gasteiger partial charge in [-0.15, -0.1) is 0 Å². The highest BCUT2D eigenvalue weighted by molar-refractivity contribution is 7.18. The predicted molar refractivity (Wildman–Crippen MR) is 49.5 cm³/mol. The first-order chi connectivity index (χ1) is 4.81. The Morgan fingerprint density at radius 1 is 1.45 bits per heavy atom. The molecular formula is C8H17FNP. The lowest BCUT2D eigenvalue weighted by Gasteiger charge is -2.31. The SMILES string of the molecule is CC(C)(C)N1CCC(F)(P)C1. The van der Waals surface area contributed by atoms with Crippen LogP contribution >= 0.6 is 9.24 Å². The zero-order chi connectivity index (χ0) is 8.70. The van der Waals surface area contributed by atoms with E-state index in [1.54, 1.807) is 0 Å². The highest BCUT2D eigenvalue weighted by atomic mass is 31.0. The minimum Gasteiger partial charge on any atom is -0.295 e. The number of alkyl halides is 1. The fraction of sp³-hybridized carbons (Fsp3) is 1.00. The largest absolute Gasteiger partial charge is 0.295 e. The summed E-state index contributed by atoms with van der Waals surface area (Å²) < 4.78 is 13.3. The van der Waals surface area contributed by atoms with Crippen molar-refractivity contribution in [3.63, 3.8) is 0 Å². The Balaban J connectivity index is 2.55. The number of hydrogen-bond acceptors (Lipinski definition) is 1. The summed E-state index contributed by atoms with van der Waals surface area (Å²) in [7, 11) is 2.30. The van der Waals surface area contributed by atoms with Gasteiger partial charge in [0.2, 0.25) is 0 Å². The van der Waals surface area contributed by atoms with Gasteiger partial charge in [-0.05, 0) is 27.2 Å². The second kappa shape index (κ2) is 2.67. The van der Waals surface area contributed by atoms with Crippen molar-refractivity contribution < 1.29 is 4.39 Å². The number of halogens is 1. The van der Waals surface area contributed by atoms with Crippen molar-refractivity contribution in [3.05, 3.63) is 0 Å². The Bertz CT molecular complexity index is 151. The van der Waals surface area contributed by atoms with Gasteiger partial charge in [0, 0.05) is 18.6 Å². The van der Waals surface area contributed by atoms with E-state index in [0.717, 1.165) is 6.54 Å². The predicted octanol–water partition coefficient (Wildman–Crippen LogP) is 2.03. The van der Waals surface area contributed by atoms with Crippen LogP contribution < -0.4 is 0 Å². The molecule has 0 aromatic heterocycles. The third-order valence-electron chi connectivity index (χ3n) is 2.20. The lowest BCUT2D eigenvalue weighted by atomic mass is 10.1. The standard InChI is InChI=1S/C8H17FNP/c1-7(2,3)10-5-4-8(9,11)6-10/h4-6,11H2,1-3H3. The van der Waals surface area contributed by atoms with Gasteiger partial charge in [-0.1, -0.05) is 9.24 Å². The summed E-state index contributed by atoms with van der Waals surface area (Å²) in [5.74, 6) is 0. The van der Waals surface area contributed by atoms with Gasteiger partial charge in [0.25, 0.3) is 0 Å². The maximum Gasteiger partial charge on any atom is 0.137 e. The van der Waals surface area contributed by atoms with Crippen LogP contribution in [0.5, 0.6) is 0 Å². The Morgan fingerprint density at radius 2 is 2.00 bits per heavy atom. The van der Waals surface area contributed by atoms with Gasteiger partial charge < -0.3 is 0 Å². The third kappa shape index (κ3) is 2.38. The summed E-state index contributed by atoms with van der Waals surface area (Å²) in [5.41, 5.74) is 0.115. The van der Waals surface area contributed by atoms with E-state index in [1.165, 1.54) is 0 Å². The van der Waals surface area contributed by atoms with Crippen LogP contribution in [0.4, 0.5) is 4.39 Å². The molecule has 1 heterocycles. The molecule has 1 fully saturated rings. The number of nitrogens with zero attached hydrogens (tertiary/aromatic N) is 1. The van der Waals surface area contributed by atoms with Gasteiger partial charge in [-0.25, -0.2) is 4.39 Å². The van der Waals surface area contributed by atoms with E-state index in [0.29, 0.717) is 13.0 Å². The molecule has 0 amide bonds. The Kier molecular flexibility index (Phi) is 2.28. The van der Waals surface area contributed by atoms with Crippen LogP contribution in [0.2, 0.25) is 0 Å². The molecule has 2 unspecified atom stereocenters. The van der Waals surface area contributed by atoms with Crippen LogP contribution in [0.15, 0.2) is 0 Å². The Labute approximate surface area is 70.5 Å². The van der Waals surface area contributed by atoms with Crippen molar-refractivity contribution in [1.29, 1.82) is 0 Å². The monoisotopic (exact) mass is 177 g/mol. The summed E-state index contributed by atoms with van der Waals surface area (Å²) in [6, 6.07) is 0. The molecule has 2 atom stereocenters. The average Bonchev–Trinajstić information content (AvgIpc) is 2.07. The van der Waals surface area contributed by atoms with Gasteiger partial charge in [-0.2, -0.15) is 0 Å². The highest BCUT2D eigenvalue weighted by Crippen LogP contribution is 2.35. The number of rotatable bonds is 0. The molecule has 3 heteroatoms. The molecule has 1 aliphatic rings. The van der Waals surface area contributed by atoms with Crippen molar-refractivity contribution in [3.8, 4) is 0 Å². The van der Waals surface area contributed by atoms with Crippen molar-refractivity contribution in [2.45, 2.75) is 38.1 Å². The average molecular weight is 177 g/mol. The molecule has 0 saturated carbocycles. The normalized spacial score (nSPS) is 34.6.